The van der Waals surface area contributed by atoms with Crippen LogP contribution in [0.3, 0.4) is 0 Å². The molecule has 0 saturated heterocycles. The van der Waals surface area contributed by atoms with Gasteiger partial charge in [-0.1, -0.05) is 12.1 Å². The number of carbonyl (C=O) groups excluding carboxylic acids is 1. The predicted molar refractivity (Wildman–Crippen MR) is 73.7 cm³/mol. The summed E-state index contributed by atoms with van der Waals surface area (Å²) in [5.74, 6) is 0.886. The molecule has 1 heterocycles. The molecule has 0 aliphatic heterocycles. The maximum atomic E-state index is 11.4. The van der Waals surface area contributed by atoms with E-state index in [-0.39, 0.29) is 0 Å². The van der Waals surface area contributed by atoms with Crippen molar-refractivity contribution in [2.45, 2.75) is 6.54 Å². The van der Waals surface area contributed by atoms with Crippen LogP contribution in [0.15, 0.2) is 36.5 Å². The zero-order valence-corrected chi connectivity index (χ0v) is 11.3. The molecule has 1 N–H and O–H groups in total. The van der Waals surface area contributed by atoms with Crippen molar-refractivity contribution >= 4 is 11.8 Å². The largest absolute Gasteiger partial charge is 0.497 e. The molecule has 2 rings (SSSR count). The molecule has 0 unspecified atom stereocenters. The number of nitrogens with zero attached hydrogens (tertiary/aromatic N) is 2. The highest BCUT2D eigenvalue weighted by molar-refractivity contribution is 5.89. The molecule has 0 aliphatic carbocycles. The number of hydrogen-bond donors (Lipinski definition) is 1. The third kappa shape index (κ3) is 3.44. The highest BCUT2D eigenvalue weighted by Crippen LogP contribution is 2.13. The molecule has 0 fully saturated rings. The fourth-order valence-corrected chi connectivity index (χ4v) is 1.62. The second kappa shape index (κ2) is 6.51. The van der Waals surface area contributed by atoms with Crippen molar-refractivity contribution in [2.24, 2.45) is 0 Å². The van der Waals surface area contributed by atoms with E-state index in [4.69, 9.17) is 4.74 Å². The Morgan fingerprint density at radius 2 is 2.00 bits per heavy atom. The van der Waals surface area contributed by atoms with Crippen LogP contribution in [-0.4, -0.2) is 30.4 Å². The Balaban J connectivity index is 2.01. The van der Waals surface area contributed by atoms with Gasteiger partial charge in [-0.2, -0.15) is 5.10 Å². The van der Waals surface area contributed by atoms with Gasteiger partial charge in [-0.3, -0.25) is 0 Å². The van der Waals surface area contributed by atoms with Crippen molar-refractivity contribution in [3.05, 3.63) is 47.7 Å². The smallest absolute Gasteiger partial charge is 0.339 e. The number of benzene rings is 1. The molecule has 0 saturated carbocycles. The fourth-order valence-electron chi connectivity index (χ4n) is 1.62. The lowest BCUT2D eigenvalue weighted by molar-refractivity contribution is 0.0600. The third-order valence-corrected chi connectivity index (χ3v) is 2.71. The van der Waals surface area contributed by atoms with Gasteiger partial charge in [-0.25, -0.2) is 4.79 Å². The van der Waals surface area contributed by atoms with E-state index in [1.54, 1.807) is 13.2 Å². The average molecular weight is 273 g/mol. The second-order valence-corrected chi connectivity index (χ2v) is 4.02. The van der Waals surface area contributed by atoms with Gasteiger partial charge in [0.25, 0.3) is 0 Å². The molecule has 1 aromatic carbocycles. The first-order valence-corrected chi connectivity index (χ1v) is 6.01. The van der Waals surface area contributed by atoms with Crippen LogP contribution in [0.2, 0.25) is 0 Å². The quantitative estimate of drug-likeness (QED) is 0.838. The summed E-state index contributed by atoms with van der Waals surface area (Å²) in [7, 11) is 2.95. The zero-order valence-electron chi connectivity index (χ0n) is 11.3. The molecule has 6 heteroatoms. The third-order valence-electron chi connectivity index (χ3n) is 2.71. The van der Waals surface area contributed by atoms with Gasteiger partial charge in [-0.15, -0.1) is 5.10 Å². The minimum absolute atomic E-state index is 0.361. The highest BCUT2D eigenvalue weighted by atomic mass is 16.5. The number of carbonyl (C=O) groups is 1. The van der Waals surface area contributed by atoms with E-state index in [1.807, 2.05) is 24.3 Å². The van der Waals surface area contributed by atoms with Crippen LogP contribution in [-0.2, 0) is 11.3 Å². The normalized spacial score (nSPS) is 9.90. The molecule has 104 valence electrons. The minimum atomic E-state index is -0.438. The van der Waals surface area contributed by atoms with Gasteiger partial charge >= 0.3 is 5.97 Å². The topological polar surface area (TPSA) is 73.3 Å². The Labute approximate surface area is 116 Å². The van der Waals surface area contributed by atoms with Crippen LogP contribution in [0.5, 0.6) is 5.75 Å². The summed E-state index contributed by atoms with van der Waals surface area (Å²) in [6.07, 6.45) is 1.37. The monoisotopic (exact) mass is 273 g/mol. The van der Waals surface area contributed by atoms with Crippen LogP contribution in [0, 0.1) is 0 Å². The molecular formula is C14H15N3O3. The van der Waals surface area contributed by atoms with Crippen molar-refractivity contribution in [3.63, 3.8) is 0 Å². The molecule has 6 nitrogen and oxygen atoms in total. The minimum Gasteiger partial charge on any atom is -0.497 e. The van der Waals surface area contributed by atoms with Gasteiger partial charge in [-0.05, 0) is 23.8 Å². The second-order valence-electron chi connectivity index (χ2n) is 4.02. The van der Waals surface area contributed by atoms with E-state index in [1.165, 1.54) is 13.3 Å². The van der Waals surface area contributed by atoms with E-state index in [9.17, 15) is 4.79 Å². The van der Waals surface area contributed by atoms with E-state index in [0.29, 0.717) is 17.9 Å². The number of esters is 1. The van der Waals surface area contributed by atoms with Crippen molar-refractivity contribution in [1.82, 2.24) is 10.2 Å². The molecule has 0 atom stereocenters. The summed E-state index contributed by atoms with van der Waals surface area (Å²) >= 11 is 0. The Morgan fingerprint density at radius 3 is 2.65 bits per heavy atom. The van der Waals surface area contributed by atoms with Gasteiger partial charge in [0.15, 0.2) is 0 Å². The number of nitrogens with one attached hydrogen (secondary N) is 1. The van der Waals surface area contributed by atoms with Gasteiger partial charge < -0.3 is 14.8 Å². The van der Waals surface area contributed by atoms with Crippen molar-refractivity contribution < 1.29 is 14.3 Å². The molecule has 2 aromatic rings. The van der Waals surface area contributed by atoms with Gasteiger partial charge in [0.1, 0.15) is 11.6 Å². The summed E-state index contributed by atoms with van der Waals surface area (Å²) in [4.78, 5) is 11.4. The molecule has 0 spiro atoms. The lowest BCUT2D eigenvalue weighted by Crippen LogP contribution is -2.07. The van der Waals surface area contributed by atoms with Crippen LogP contribution >= 0.6 is 0 Å². The number of anilines is 1. The molecule has 20 heavy (non-hydrogen) atoms. The molecule has 0 aliphatic rings. The number of hydrogen-bond acceptors (Lipinski definition) is 6. The lowest BCUT2D eigenvalue weighted by atomic mass is 10.2. The van der Waals surface area contributed by atoms with Crippen molar-refractivity contribution in [3.8, 4) is 5.75 Å². The molecular weight excluding hydrogens is 258 g/mol. The summed E-state index contributed by atoms with van der Waals surface area (Å²) in [6.45, 7) is 0.573. The first-order valence-electron chi connectivity index (χ1n) is 6.01. The predicted octanol–water partition coefficient (Wildman–Crippen LogP) is 1.88. The maximum absolute atomic E-state index is 11.4. The number of ether oxygens (including phenoxy) is 2. The van der Waals surface area contributed by atoms with Gasteiger partial charge in [0, 0.05) is 6.54 Å². The van der Waals surface area contributed by atoms with Gasteiger partial charge in [0.2, 0.25) is 0 Å². The zero-order chi connectivity index (χ0) is 14.4. The maximum Gasteiger partial charge on any atom is 0.339 e. The van der Waals surface area contributed by atoms with Gasteiger partial charge in [0.05, 0.1) is 26.0 Å². The van der Waals surface area contributed by atoms with E-state index in [2.05, 4.69) is 20.3 Å². The molecule has 0 radical (unpaired) electrons. The summed E-state index contributed by atoms with van der Waals surface area (Å²) in [5, 5.41) is 10.8. The first-order chi connectivity index (χ1) is 9.72. The number of rotatable bonds is 5. The average Bonchev–Trinajstić information content (AvgIpc) is 2.53. The van der Waals surface area contributed by atoms with Crippen LogP contribution in [0.1, 0.15) is 15.9 Å². The van der Waals surface area contributed by atoms with E-state index >= 15 is 0 Å². The Kier molecular flexibility index (Phi) is 4.49. The SMILES string of the molecule is COC(=O)c1cnnc(NCc2ccc(OC)cc2)c1. The standard InChI is InChI=1S/C14H15N3O3/c1-19-12-5-3-10(4-6-12)8-15-13-7-11(9-16-17-13)14(18)20-2/h3-7,9H,8H2,1-2H3,(H,15,17). The van der Waals surface area contributed by atoms with Crippen LogP contribution in [0.4, 0.5) is 5.82 Å². The summed E-state index contributed by atoms with van der Waals surface area (Å²) in [6, 6.07) is 9.26. The molecule has 0 amide bonds. The van der Waals surface area contributed by atoms with E-state index < -0.39 is 5.97 Å². The van der Waals surface area contributed by atoms with Crippen LogP contribution in [0.25, 0.3) is 0 Å². The van der Waals surface area contributed by atoms with Crippen molar-refractivity contribution in [2.75, 3.05) is 19.5 Å². The number of methoxy groups -OCH3 is 2. The lowest BCUT2D eigenvalue weighted by Gasteiger charge is -2.07. The van der Waals surface area contributed by atoms with Crippen LogP contribution < -0.4 is 10.1 Å². The summed E-state index contributed by atoms with van der Waals surface area (Å²) in [5.41, 5.74) is 1.43. The van der Waals surface area contributed by atoms with Crippen molar-refractivity contribution in [1.29, 1.82) is 0 Å². The molecule has 0 bridgehead atoms. The first kappa shape index (κ1) is 13.8. The fraction of sp³-hybridized carbons (Fsp3) is 0.214. The summed E-state index contributed by atoms with van der Waals surface area (Å²) < 4.78 is 9.72. The Morgan fingerprint density at radius 1 is 1.25 bits per heavy atom. The highest BCUT2D eigenvalue weighted by Gasteiger charge is 2.07. The van der Waals surface area contributed by atoms with E-state index in [0.717, 1.165) is 11.3 Å². The molecule has 1 aromatic heterocycles. The Bertz CT molecular complexity index is 584. The Hall–Kier alpha value is -2.63. The number of aromatic nitrogens is 2.